The summed E-state index contributed by atoms with van der Waals surface area (Å²) in [5.41, 5.74) is -1.65. The summed E-state index contributed by atoms with van der Waals surface area (Å²) < 4.78 is 0. The van der Waals surface area contributed by atoms with Crippen molar-refractivity contribution < 1.29 is 14.8 Å². The van der Waals surface area contributed by atoms with Gasteiger partial charge in [0.05, 0.1) is 23.1 Å². The Kier molecular flexibility index (Phi) is 3.61. The fourth-order valence-corrected chi connectivity index (χ4v) is 4.82. The highest BCUT2D eigenvalue weighted by molar-refractivity contribution is 6.21. The highest BCUT2D eigenvalue weighted by Crippen LogP contribution is 2.58. The second kappa shape index (κ2) is 5.14. The molecule has 122 valence electrons. The largest absolute Gasteiger partial charge is 0.380 e. The van der Waals surface area contributed by atoms with Crippen molar-refractivity contribution in [3.8, 4) is 0 Å². The predicted molar refractivity (Wildman–Crippen MR) is 86.0 cm³/mol. The summed E-state index contributed by atoms with van der Waals surface area (Å²) in [5.74, 6) is -2.30. The first-order chi connectivity index (χ1) is 10.8. The van der Waals surface area contributed by atoms with Gasteiger partial charge in [0.1, 0.15) is 0 Å². The van der Waals surface area contributed by atoms with E-state index >= 15 is 0 Å². The number of nitro groups is 1. The Balaban J connectivity index is 2.27. The van der Waals surface area contributed by atoms with E-state index < -0.39 is 34.7 Å². The molecule has 6 heteroatoms. The van der Waals surface area contributed by atoms with E-state index in [9.17, 15) is 20.0 Å². The SMILES string of the molecule is CC1=C[C@]2(C)C(=O)[C@](O)(CCl)[C@H]1[C@H]([N+](=O)[O-])[C@H]2c1ccccc1. The third kappa shape index (κ3) is 2.00. The van der Waals surface area contributed by atoms with Crippen LogP contribution in [-0.2, 0) is 4.79 Å². The molecule has 0 radical (unpaired) electrons. The van der Waals surface area contributed by atoms with E-state index in [-0.39, 0.29) is 10.8 Å². The Labute approximate surface area is 139 Å². The summed E-state index contributed by atoms with van der Waals surface area (Å²) in [4.78, 5) is 24.4. The van der Waals surface area contributed by atoms with Crippen molar-refractivity contribution in [1.29, 1.82) is 0 Å². The van der Waals surface area contributed by atoms with E-state index in [2.05, 4.69) is 0 Å². The molecule has 0 aromatic heterocycles. The van der Waals surface area contributed by atoms with Gasteiger partial charge in [-0.15, -0.1) is 11.6 Å². The predicted octanol–water partition coefficient (Wildman–Crippen LogP) is 2.55. The molecular formula is C17H18ClNO4. The van der Waals surface area contributed by atoms with Crippen LogP contribution in [0.3, 0.4) is 0 Å². The van der Waals surface area contributed by atoms with Crippen molar-refractivity contribution in [3.05, 3.63) is 57.7 Å². The summed E-state index contributed by atoms with van der Waals surface area (Å²) in [6.45, 7) is 3.39. The Hall–Kier alpha value is -1.72. The van der Waals surface area contributed by atoms with Gasteiger partial charge in [0.25, 0.3) is 0 Å². The van der Waals surface area contributed by atoms with E-state index in [0.29, 0.717) is 5.57 Å². The monoisotopic (exact) mass is 335 g/mol. The minimum atomic E-state index is -1.89. The molecule has 0 aliphatic heterocycles. The number of carbonyl (C=O) groups is 1. The molecule has 2 bridgehead atoms. The molecule has 4 rings (SSSR count). The van der Waals surface area contributed by atoms with Gasteiger partial charge in [-0.1, -0.05) is 42.0 Å². The second-order valence-electron chi connectivity index (χ2n) is 6.70. The van der Waals surface area contributed by atoms with Gasteiger partial charge in [0, 0.05) is 4.92 Å². The smallest absolute Gasteiger partial charge is 0.230 e. The maximum Gasteiger partial charge on any atom is 0.230 e. The van der Waals surface area contributed by atoms with Gasteiger partial charge in [0.2, 0.25) is 6.04 Å². The number of alkyl halides is 1. The molecule has 3 aliphatic rings. The van der Waals surface area contributed by atoms with Crippen LogP contribution in [0.25, 0.3) is 0 Å². The molecule has 5 atom stereocenters. The van der Waals surface area contributed by atoms with Gasteiger partial charge >= 0.3 is 0 Å². The Morgan fingerprint density at radius 1 is 1.30 bits per heavy atom. The number of rotatable bonds is 3. The van der Waals surface area contributed by atoms with Crippen LogP contribution in [0.1, 0.15) is 25.3 Å². The topological polar surface area (TPSA) is 80.4 Å². The Morgan fingerprint density at radius 2 is 1.91 bits per heavy atom. The van der Waals surface area contributed by atoms with Gasteiger partial charge in [0.15, 0.2) is 11.4 Å². The molecule has 1 saturated carbocycles. The number of fused-ring (bicyclic) bond motifs is 2. The number of ketones is 1. The van der Waals surface area contributed by atoms with E-state index in [0.717, 1.165) is 5.56 Å². The lowest BCUT2D eigenvalue weighted by Gasteiger charge is -2.54. The number of Topliss-reactive ketones (excluding diaryl/α,β-unsaturated/α-hetero) is 1. The van der Waals surface area contributed by atoms with Crippen LogP contribution in [0.5, 0.6) is 0 Å². The van der Waals surface area contributed by atoms with Gasteiger partial charge in [-0.25, -0.2) is 0 Å². The Morgan fingerprint density at radius 3 is 2.43 bits per heavy atom. The van der Waals surface area contributed by atoms with Crippen molar-refractivity contribution in [2.45, 2.75) is 31.4 Å². The lowest BCUT2D eigenvalue weighted by atomic mass is 9.48. The molecule has 1 fully saturated rings. The zero-order chi connectivity index (χ0) is 17.0. The first kappa shape index (κ1) is 16.1. The summed E-state index contributed by atoms with van der Waals surface area (Å²) in [5, 5.41) is 22.7. The van der Waals surface area contributed by atoms with Crippen LogP contribution in [0, 0.1) is 21.4 Å². The fourth-order valence-electron chi connectivity index (χ4n) is 4.53. The molecule has 0 unspecified atom stereocenters. The van der Waals surface area contributed by atoms with Crippen molar-refractivity contribution in [3.63, 3.8) is 0 Å². The number of benzene rings is 1. The number of halogens is 1. The van der Waals surface area contributed by atoms with E-state index in [1.165, 1.54) is 0 Å². The van der Waals surface area contributed by atoms with Crippen LogP contribution in [0.4, 0.5) is 0 Å². The molecule has 23 heavy (non-hydrogen) atoms. The average Bonchev–Trinajstić information content (AvgIpc) is 2.52. The lowest BCUT2D eigenvalue weighted by Crippen LogP contribution is -2.69. The normalized spacial score (nSPS) is 39.2. The van der Waals surface area contributed by atoms with Crippen molar-refractivity contribution in [2.75, 3.05) is 5.88 Å². The number of allylic oxidation sites excluding steroid dienone is 1. The maximum atomic E-state index is 13.0. The molecule has 0 saturated heterocycles. The van der Waals surface area contributed by atoms with E-state index in [1.54, 1.807) is 44.2 Å². The third-order valence-electron chi connectivity index (χ3n) is 5.35. The van der Waals surface area contributed by atoms with E-state index in [4.69, 9.17) is 11.6 Å². The van der Waals surface area contributed by atoms with Crippen LogP contribution < -0.4 is 0 Å². The van der Waals surface area contributed by atoms with Crippen molar-refractivity contribution in [2.24, 2.45) is 11.3 Å². The zero-order valence-corrected chi connectivity index (χ0v) is 13.7. The molecule has 1 aromatic carbocycles. The van der Waals surface area contributed by atoms with Crippen molar-refractivity contribution >= 4 is 17.4 Å². The van der Waals surface area contributed by atoms with Crippen LogP contribution in [0.15, 0.2) is 42.0 Å². The summed E-state index contributed by atoms with van der Waals surface area (Å²) in [7, 11) is 0. The third-order valence-corrected chi connectivity index (χ3v) is 5.76. The Bertz CT molecular complexity index is 704. The van der Waals surface area contributed by atoms with Crippen LogP contribution >= 0.6 is 11.6 Å². The van der Waals surface area contributed by atoms with Crippen molar-refractivity contribution in [1.82, 2.24) is 0 Å². The first-order valence-electron chi connectivity index (χ1n) is 7.48. The molecule has 3 aliphatic carbocycles. The average molecular weight is 336 g/mol. The number of carbonyl (C=O) groups excluding carboxylic acids is 1. The zero-order valence-electron chi connectivity index (χ0n) is 12.9. The van der Waals surface area contributed by atoms with Gasteiger partial charge in [-0.3, -0.25) is 14.9 Å². The first-order valence-corrected chi connectivity index (χ1v) is 8.02. The molecule has 0 spiro atoms. The van der Waals surface area contributed by atoms with E-state index in [1.807, 2.05) is 6.07 Å². The standard InChI is InChI=1S/C17H18ClNO4/c1-10-8-16(2)13(11-6-4-3-5-7-11)14(19(22)23)12(10)17(21,9-18)15(16)20/h3-8,12-14,21H,9H2,1-2H3/t12-,13-,14+,16+,17+/m1/s1. The maximum absolute atomic E-state index is 13.0. The number of hydrogen-bond donors (Lipinski definition) is 1. The quantitative estimate of drug-likeness (QED) is 0.398. The minimum Gasteiger partial charge on any atom is -0.380 e. The minimum absolute atomic E-state index is 0.344. The lowest BCUT2D eigenvalue weighted by molar-refractivity contribution is -0.544. The number of aliphatic hydroxyl groups is 1. The van der Waals surface area contributed by atoms with Gasteiger partial charge in [-0.05, 0) is 19.4 Å². The summed E-state index contributed by atoms with van der Waals surface area (Å²) >= 11 is 5.88. The molecule has 0 heterocycles. The molecular weight excluding hydrogens is 318 g/mol. The molecule has 1 aromatic rings. The summed E-state index contributed by atoms with van der Waals surface area (Å²) in [6, 6.07) is 7.92. The fraction of sp³-hybridized carbons (Fsp3) is 0.471. The van der Waals surface area contributed by atoms with Crippen LogP contribution in [0.2, 0.25) is 0 Å². The highest BCUT2D eigenvalue weighted by Gasteiger charge is 2.70. The number of hydrogen-bond acceptors (Lipinski definition) is 4. The molecule has 5 nitrogen and oxygen atoms in total. The summed E-state index contributed by atoms with van der Waals surface area (Å²) in [6.07, 6.45) is 1.78. The van der Waals surface area contributed by atoms with Gasteiger partial charge < -0.3 is 5.11 Å². The highest BCUT2D eigenvalue weighted by atomic mass is 35.5. The van der Waals surface area contributed by atoms with Crippen LogP contribution in [-0.4, -0.2) is 33.3 Å². The number of nitrogens with zero attached hydrogens (tertiary/aromatic N) is 1. The molecule has 0 amide bonds. The molecule has 1 N–H and O–H groups in total. The second-order valence-corrected chi connectivity index (χ2v) is 6.97. The van der Waals surface area contributed by atoms with Gasteiger partial charge in [-0.2, -0.15) is 0 Å².